The average Bonchev–Trinajstić information content (AvgIpc) is 3.98. The van der Waals surface area contributed by atoms with E-state index in [4.69, 9.17) is 15.3 Å². The van der Waals surface area contributed by atoms with Crippen LogP contribution in [0.15, 0.2) is 219 Å². The van der Waals surface area contributed by atoms with E-state index in [1.54, 1.807) is 0 Å². The third-order valence-electron chi connectivity index (χ3n) is 14.2. The van der Waals surface area contributed by atoms with Crippen molar-refractivity contribution in [2.45, 2.75) is 31.8 Å². The van der Waals surface area contributed by atoms with Gasteiger partial charge in [0.25, 0.3) is 0 Å². The van der Waals surface area contributed by atoms with Crippen LogP contribution in [0.3, 0.4) is 0 Å². The third-order valence-corrected chi connectivity index (χ3v) is 14.2. The van der Waals surface area contributed by atoms with Gasteiger partial charge in [0.05, 0.1) is 16.9 Å². The first kappa shape index (κ1) is 47.2. The summed E-state index contributed by atoms with van der Waals surface area (Å²) >= 11 is 0. The number of nitrogens with zero attached hydrogens (tertiary/aromatic N) is 5. The molecule has 0 saturated heterocycles. The van der Waals surface area contributed by atoms with E-state index in [1.807, 2.05) is 24.4 Å². The van der Waals surface area contributed by atoms with Crippen LogP contribution in [0.2, 0.25) is 0 Å². The summed E-state index contributed by atoms with van der Waals surface area (Å²) in [5, 5.41) is 5.01. The van der Waals surface area contributed by atoms with Gasteiger partial charge >= 0.3 is 0 Å². The third kappa shape index (κ3) is 9.80. The predicted molar refractivity (Wildman–Crippen MR) is 296 cm³/mol. The molecule has 1 radical (unpaired) electrons. The maximum atomic E-state index is 5.01. The van der Waals surface area contributed by atoms with Crippen molar-refractivity contribution in [1.29, 1.82) is 0 Å². The van der Waals surface area contributed by atoms with Crippen LogP contribution in [-0.4, -0.2) is 21.6 Å². The number of aromatic nitrogens is 3. The molecule has 0 N–H and O–H groups in total. The van der Waals surface area contributed by atoms with Gasteiger partial charge in [0.2, 0.25) is 0 Å². The minimum Gasteiger partial charge on any atom is -0.661 e. The zero-order valence-electron chi connectivity index (χ0n) is 40.8. The quantitative estimate of drug-likeness (QED) is 0.108. The van der Waals surface area contributed by atoms with Crippen molar-refractivity contribution in [3.05, 3.63) is 270 Å². The summed E-state index contributed by atoms with van der Waals surface area (Å²) in [6, 6.07) is 86.7. The normalized spacial score (nSPS) is 12.8. The van der Waals surface area contributed by atoms with Crippen molar-refractivity contribution in [1.82, 2.24) is 14.5 Å². The van der Waals surface area contributed by atoms with E-state index in [-0.39, 0.29) is 26.3 Å². The Labute approximate surface area is 442 Å². The van der Waals surface area contributed by atoms with Gasteiger partial charge in [-0.15, -0.1) is 64.8 Å². The second-order valence-electron chi connectivity index (χ2n) is 18.8. The van der Waals surface area contributed by atoms with Crippen LogP contribution in [0, 0.1) is 18.2 Å². The number of benzene rings is 9. The average molecular weight is 1120 g/mol. The Morgan fingerprint density at radius 3 is 1.84 bits per heavy atom. The molecule has 6 heteroatoms. The fraction of sp³-hybridized carbons (Fsp3) is 0.104. The van der Waals surface area contributed by atoms with Gasteiger partial charge in [-0.05, 0) is 87.9 Å². The number of rotatable bonds is 13. The van der Waals surface area contributed by atoms with Gasteiger partial charge in [-0.3, -0.25) is 4.98 Å². The SMILES string of the molecule is CN1c2ccccc2[N-]C1c1[c-]cc(CCc2cc(CCc3c[c-]c(-c4nc5ccccc5n4C)cc3)cc(-c3ccccc3-c3c[c-]c(-c4ccccn4)cc3-c3ccc(-c4ccccc4)cc3)c2)cc1.[Ir]. The number of fused-ring (bicyclic) bond motifs is 2. The van der Waals surface area contributed by atoms with Gasteiger partial charge in [-0.1, -0.05) is 169 Å². The molecule has 0 aliphatic carbocycles. The molecule has 5 nitrogen and oxygen atoms in total. The Hall–Kier alpha value is -8.15. The molecule has 1 unspecified atom stereocenters. The summed E-state index contributed by atoms with van der Waals surface area (Å²) in [5.74, 6) is 0.925. The van der Waals surface area contributed by atoms with Crippen molar-refractivity contribution >= 4 is 22.4 Å². The summed E-state index contributed by atoms with van der Waals surface area (Å²) in [5.41, 5.74) is 22.7. The Kier molecular flexibility index (Phi) is 13.5. The number of hydrogen-bond acceptors (Lipinski definition) is 3. The zero-order valence-corrected chi connectivity index (χ0v) is 43.2. The Morgan fingerprint density at radius 1 is 0.479 bits per heavy atom. The first-order valence-electron chi connectivity index (χ1n) is 24.8. The molecular formula is C67H51IrN5-4. The van der Waals surface area contributed by atoms with Crippen LogP contribution in [0.5, 0.6) is 0 Å². The molecule has 11 aromatic rings. The van der Waals surface area contributed by atoms with Gasteiger partial charge in [0.1, 0.15) is 0 Å². The van der Waals surface area contributed by atoms with Crippen molar-refractivity contribution < 1.29 is 20.1 Å². The van der Waals surface area contributed by atoms with Gasteiger partial charge in [-0.2, -0.15) is 35.4 Å². The molecule has 3 heterocycles. The molecule has 0 spiro atoms. The van der Waals surface area contributed by atoms with Gasteiger partial charge in [0.15, 0.2) is 0 Å². The number of anilines is 1. The second kappa shape index (κ2) is 20.9. The molecule has 0 saturated carbocycles. The topological polar surface area (TPSA) is 48.1 Å². The molecule has 1 aliphatic heterocycles. The van der Waals surface area contributed by atoms with Crippen LogP contribution in [0.1, 0.15) is 34.0 Å². The van der Waals surface area contributed by atoms with Crippen LogP contribution in [-0.2, 0) is 52.8 Å². The van der Waals surface area contributed by atoms with E-state index in [2.05, 4.69) is 236 Å². The largest absolute Gasteiger partial charge is 0.661 e. The second-order valence-corrected chi connectivity index (χ2v) is 18.8. The van der Waals surface area contributed by atoms with E-state index in [0.29, 0.717) is 0 Å². The maximum absolute atomic E-state index is 5.01. The summed E-state index contributed by atoms with van der Waals surface area (Å²) in [6.07, 6.45) is 5.33. The van der Waals surface area contributed by atoms with E-state index in [1.165, 1.54) is 44.5 Å². The molecule has 2 aromatic heterocycles. The van der Waals surface area contributed by atoms with Crippen molar-refractivity contribution in [2.24, 2.45) is 7.05 Å². The van der Waals surface area contributed by atoms with Gasteiger partial charge in [0, 0.05) is 46.1 Å². The van der Waals surface area contributed by atoms with Crippen LogP contribution in [0.25, 0.3) is 83.5 Å². The van der Waals surface area contributed by atoms with E-state index in [9.17, 15) is 0 Å². The number of para-hydroxylation sites is 4. The Morgan fingerprint density at radius 2 is 1.12 bits per heavy atom. The molecule has 1 atom stereocenters. The van der Waals surface area contributed by atoms with E-state index in [0.717, 1.165) is 98.6 Å². The van der Waals surface area contributed by atoms with Crippen molar-refractivity contribution in [2.75, 3.05) is 11.9 Å². The first-order chi connectivity index (χ1) is 35.5. The fourth-order valence-corrected chi connectivity index (χ4v) is 10.3. The zero-order chi connectivity index (χ0) is 48.4. The van der Waals surface area contributed by atoms with Crippen LogP contribution >= 0.6 is 0 Å². The number of pyridine rings is 1. The number of hydrogen-bond donors (Lipinski definition) is 0. The molecule has 73 heavy (non-hydrogen) atoms. The molecule has 1 aliphatic rings. The monoisotopic (exact) mass is 1120 g/mol. The molecule has 0 bridgehead atoms. The standard InChI is InChI=1S/C67H51N5.Ir/c1-71-64-21-10-8-19-62(64)69-66(71)53-31-27-46(28-32-53)23-25-48-42-49(26-24-47-29-33-54(34-30-47)67-70-63-20-9-11-22-65(63)72(67)2)44-56(43-48)57-16-6-7-17-58(57)59-40-39-55(61-18-12-13-41-68-61)45-60(59)52-37-35-51(36-38-52)50-14-4-3-5-15-50;/h3-22,27-31,33,35-38,40-45,66H,23-26H2,1-2H3;/q-4;. The Balaban J connectivity index is 0.00000574. The molecule has 0 amide bonds. The molecule has 0 fully saturated rings. The minimum atomic E-state index is -0.0718. The smallest absolute Gasteiger partial charge is 0.0770 e. The van der Waals surface area contributed by atoms with Crippen LogP contribution in [0.4, 0.5) is 11.4 Å². The summed E-state index contributed by atoms with van der Waals surface area (Å²) in [7, 11) is 4.19. The fourth-order valence-electron chi connectivity index (χ4n) is 10.3. The minimum absolute atomic E-state index is 0. The Bertz CT molecular complexity index is 3680. The molecule has 9 aromatic carbocycles. The van der Waals surface area contributed by atoms with Crippen LogP contribution < -0.4 is 4.90 Å². The molecule has 357 valence electrons. The maximum Gasteiger partial charge on any atom is 0.0770 e. The number of imidazole rings is 1. The van der Waals surface area contributed by atoms with Gasteiger partial charge < -0.3 is 19.8 Å². The molecule has 12 rings (SSSR count). The van der Waals surface area contributed by atoms with E-state index < -0.39 is 0 Å². The van der Waals surface area contributed by atoms with Crippen molar-refractivity contribution in [3.8, 4) is 67.2 Å². The summed E-state index contributed by atoms with van der Waals surface area (Å²) in [4.78, 5) is 11.9. The first-order valence-corrected chi connectivity index (χ1v) is 24.8. The van der Waals surface area contributed by atoms with Crippen molar-refractivity contribution in [3.63, 3.8) is 0 Å². The summed E-state index contributed by atoms with van der Waals surface area (Å²) in [6.45, 7) is 0. The van der Waals surface area contributed by atoms with Gasteiger partial charge in [-0.25, -0.2) is 0 Å². The van der Waals surface area contributed by atoms with E-state index >= 15 is 0 Å². The number of aryl methyl sites for hydroxylation is 5. The summed E-state index contributed by atoms with van der Waals surface area (Å²) < 4.78 is 2.15. The predicted octanol–water partition coefficient (Wildman–Crippen LogP) is 16.1. The molecular weight excluding hydrogens is 1070 g/mol.